The SMILES string of the molecule is O=C1NCCCCCCCCCCC1C(=O)c1ccccc1. The molecular formula is C19H27NO2. The number of benzene rings is 1. The number of carbonyl (C=O) groups is 2. The summed E-state index contributed by atoms with van der Waals surface area (Å²) in [6.07, 6.45) is 9.95. The molecule has 1 atom stereocenters. The van der Waals surface area contributed by atoms with Crippen LogP contribution in [0.25, 0.3) is 0 Å². The zero-order valence-electron chi connectivity index (χ0n) is 13.4. The average molecular weight is 301 g/mol. The van der Waals surface area contributed by atoms with E-state index in [2.05, 4.69) is 5.32 Å². The van der Waals surface area contributed by atoms with E-state index in [-0.39, 0.29) is 11.7 Å². The molecule has 1 aliphatic heterocycles. The van der Waals surface area contributed by atoms with E-state index in [9.17, 15) is 9.59 Å². The third kappa shape index (κ3) is 5.28. The van der Waals surface area contributed by atoms with Gasteiger partial charge in [0.05, 0.1) is 0 Å². The molecule has 120 valence electrons. The quantitative estimate of drug-likeness (QED) is 0.659. The van der Waals surface area contributed by atoms with Crippen molar-refractivity contribution in [1.29, 1.82) is 0 Å². The first-order valence-corrected chi connectivity index (χ1v) is 8.66. The van der Waals surface area contributed by atoms with Gasteiger partial charge < -0.3 is 5.32 Å². The molecule has 1 aromatic carbocycles. The summed E-state index contributed by atoms with van der Waals surface area (Å²) in [6, 6.07) is 9.20. The summed E-state index contributed by atoms with van der Waals surface area (Å²) in [7, 11) is 0. The Hall–Kier alpha value is -1.64. The Balaban J connectivity index is 2.02. The fourth-order valence-electron chi connectivity index (χ4n) is 3.05. The summed E-state index contributed by atoms with van der Waals surface area (Å²) in [5.41, 5.74) is 0.645. The zero-order chi connectivity index (χ0) is 15.6. The number of rotatable bonds is 2. The van der Waals surface area contributed by atoms with E-state index < -0.39 is 5.92 Å². The second-order valence-corrected chi connectivity index (χ2v) is 6.19. The van der Waals surface area contributed by atoms with Crippen molar-refractivity contribution in [1.82, 2.24) is 5.32 Å². The summed E-state index contributed by atoms with van der Waals surface area (Å²) < 4.78 is 0. The lowest BCUT2D eigenvalue weighted by molar-refractivity contribution is -0.123. The third-order valence-electron chi connectivity index (χ3n) is 4.41. The molecule has 2 rings (SSSR count). The van der Waals surface area contributed by atoms with E-state index >= 15 is 0 Å². The summed E-state index contributed by atoms with van der Waals surface area (Å²) >= 11 is 0. The molecule has 0 saturated carbocycles. The van der Waals surface area contributed by atoms with Gasteiger partial charge in [-0.1, -0.05) is 75.3 Å². The van der Waals surface area contributed by atoms with Crippen LogP contribution in [0, 0.1) is 5.92 Å². The van der Waals surface area contributed by atoms with E-state index in [4.69, 9.17) is 0 Å². The fourth-order valence-corrected chi connectivity index (χ4v) is 3.05. The highest BCUT2D eigenvalue weighted by atomic mass is 16.2. The average Bonchev–Trinajstić information content (AvgIpc) is 2.57. The zero-order valence-corrected chi connectivity index (χ0v) is 13.4. The van der Waals surface area contributed by atoms with Gasteiger partial charge in [-0.05, 0) is 12.8 Å². The van der Waals surface area contributed by atoms with Gasteiger partial charge in [-0.15, -0.1) is 0 Å². The van der Waals surface area contributed by atoms with Gasteiger partial charge in [-0.3, -0.25) is 9.59 Å². The molecule has 1 amide bonds. The van der Waals surface area contributed by atoms with E-state index in [1.807, 2.05) is 18.2 Å². The molecular weight excluding hydrogens is 274 g/mol. The van der Waals surface area contributed by atoms with Crippen molar-refractivity contribution in [2.24, 2.45) is 5.92 Å². The van der Waals surface area contributed by atoms with Crippen LogP contribution in [-0.2, 0) is 4.79 Å². The number of nitrogens with one attached hydrogen (secondary N) is 1. The predicted molar refractivity (Wildman–Crippen MR) is 88.8 cm³/mol. The highest BCUT2D eigenvalue weighted by Gasteiger charge is 2.26. The van der Waals surface area contributed by atoms with Crippen molar-refractivity contribution in [2.45, 2.75) is 57.8 Å². The Kier molecular flexibility index (Phi) is 7.14. The lowest BCUT2D eigenvalue weighted by Gasteiger charge is -2.16. The topological polar surface area (TPSA) is 46.2 Å². The summed E-state index contributed by atoms with van der Waals surface area (Å²) in [6.45, 7) is 0.692. The number of ketones is 1. The monoisotopic (exact) mass is 301 g/mol. The van der Waals surface area contributed by atoms with Gasteiger partial charge in [0.1, 0.15) is 5.92 Å². The van der Waals surface area contributed by atoms with Gasteiger partial charge in [0, 0.05) is 12.1 Å². The van der Waals surface area contributed by atoms with Crippen LogP contribution in [0.4, 0.5) is 0 Å². The van der Waals surface area contributed by atoms with Crippen LogP contribution in [0.5, 0.6) is 0 Å². The maximum Gasteiger partial charge on any atom is 0.230 e. The largest absolute Gasteiger partial charge is 0.355 e. The maximum absolute atomic E-state index is 12.6. The molecule has 1 aliphatic rings. The normalized spacial score (nSPS) is 21.8. The minimum atomic E-state index is -0.525. The van der Waals surface area contributed by atoms with Crippen LogP contribution >= 0.6 is 0 Å². The van der Waals surface area contributed by atoms with Crippen LogP contribution in [0.2, 0.25) is 0 Å². The minimum Gasteiger partial charge on any atom is -0.355 e. The van der Waals surface area contributed by atoms with Crippen molar-refractivity contribution in [3.63, 3.8) is 0 Å². The van der Waals surface area contributed by atoms with Gasteiger partial charge in [-0.25, -0.2) is 0 Å². The van der Waals surface area contributed by atoms with Crippen molar-refractivity contribution >= 4 is 11.7 Å². The van der Waals surface area contributed by atoms with Gasteiger partial charge in [0.25, 0.3) is 0 Å². The molecule has 1 aromatic rings. The minimum absolute atomic E-state index is 0.0343. The van der Waals surface area contributed by atoms with Crippen LogP contribution < -0.4 is 5.32 Å². The lowest BCUT2D eigenvalue weighted by atomic mass is 9.91. The summed E-state index contributed by atoms with van der Waals surface area (Å²) in [5, 5.41) is 2.96. The highest BCUT2D eigenvalue weighted by molar-refractivity contribution is 6.10. The molecule has 1 unspecified atom stereocenters. The van der Waals surface area contributed by atoms with E-state index in [1.54, 1.807) is 12.1 Å². The molecule has 0 spiro atoms. The van der Waals surface area contributed by atoms with Gasteiger partial charge in [-0.2, -0.15) is 0 Å². The van der Waals surface area contributed by atoms with Crippen molar-refractivity contribution in [2.75, 3.05) is 6.54 Å². The summed E-state index contributed by atoms with van der Waals surface area (Å²) in [5.74, 6) is -0.649. The molecule has 1 saturated heterocycles. The third-order valence-corrected chi connectivity index (χ3v) is 4.41. The van der Waals surface area contributed by atoms with E-state index in [0.29, 0.717) is 18.5 Å². The van der Waals surface area contributed by atoms with Crippen LogP contribution in [-0.4, -0.2) is 18.2 Å². The second-order valence-electron chi connectivity index (χ2n) is 6.19. The molecule has 3 nitrogen and oxygen atoms in total. The predicted octanol–water partition coefficient (Wildman–Crippen LogP) is 4.13. The van der Waals surface area contributed by atoms with E-state index in [1.165, 1.54) is 25.7 Å². The molecule has 0 aromatic heterocycles. The first-order valence-electron chi connectivity index (χ1n) is 8.66. The Labute approximate surface area is 133 Å². The molecule has 0 radical (unpaired) electrons. The molecule has 1 N–H and O–H groups in total. The molecule has 22 heavy (non-hydrogen) atoms. The molecule has 0 aliphatic carbocycles. The van der Waals surface area contributed by atoms with E-state index in [0.717, 1.165) is 25.7 Å². The fraction of sp³-hybridized carbons (Fsp3) is 0.579. The van der Waals surface area contributed by atoms with Crippen LogP contribution in [0.1, 0.15) is 68.1 Å². The number of Topliss-reactive ketones (excluding diaryl/α,β-unsaturated/α-hetero) is 1. The summed E-state index contributed by atoms with van der Waals surface area (Å²) in [4.78, 5) is 25.0. The Morgan fingerprint density at radius 2 is 1.45 bits per heavy atom. The standard InChI is InChI=1S/C19H27NO2/c21-18(16-12-8-7-9-13-16)17-14-10-5-3-1-2-4-6-11-15-20-19(17)22/h7-9,12-13,17H,1-6,10-11,14-15H2,(H,20,22). The van der Waals surface area contributed by atoms with Gasteiger partial charge >= 0.3 is 0 Å². The molecule has 1 fully saturated rings. The highest BCUT2D eigenvalue weighted by Crippen LogP contribution is 2.18. The lowest BCUT2D eigenvalue weighted by Crippen LogP contribution is -2.36. The Morgan fingerprint density at radius 3 is 2.14 bits per heavy atom. The molecule has 1 heterocycles. The van der Waals surface area contributed by atoms with Crippen molar-refractivity contribution in [3.8, 4) is 0 Å². The number of amides is 1. The van der Waals surface area contributed by atoms with Crippen LogP contribution in [0.3, 0.4) is 0 Å². The Morgan fingerprint density at radius 1 is 0.864 bits per heavy atom. The van der Waals surface area contributed by atoms with Crippen LogP contribution in [0.15, 0.2) is 30.3 Å². The first kappa shape index (κ1) is 16.7. The molecule has 0 bridgehead atoms. The first-order chi connectivity index (χ1) is 10.8. The van der Waals surface area contributed by atoms with Crippen molar-refractivity contribution in [3.05, 3.63) is 35.9 Å². The van der Waals surface area contributed by atoms with Gasteiger partial charge in [0.2, 0.25) is 5.91 Å². The Bertz CT molecular complexity index is 470. The second kappa shape index (κ2) is 9.39. The number of hydrogen-bond acceptors (Lipinski definition) is 2. The van der Waals surface area contributed by atoms with Gasteiger partial charge in [0.15, 0.2) is 5.78 Å². The number of carbonyl (C=O) groups excluding carboxylic acids is 2. The smallest absolute Gasteiger partial charge is 0.230 e. The maximum atomic E-state index is 12.6. The number of hydrogen-bond donors (Lipinski definition) is 1. The van der Waals surface area contributed by atoms with Crippen molar-refractivity contribution < 1.29 is 9.59 Å². The molecule has 3 heteroatoms.